The number of piperazine rings is 1. The molecule has 8 nitrogen and oxygen atoms in total. The zero-order chi connectivity index (χ0) is 13.8. The van der Waals surface area contributed by atoms with Gasteiger partial charge in [-0.3, -0.25) is 14.4 Å². The van der Waals surface area contributed by atoms with E-state index in [0.29, 0.717) is 6.54 Å². The van der Waals surface area contributed by atoms with Gasteiger partial charge in [0.2, 0.25) is 5.91 Å². The summed E-state index contributed by atoms with van der Waals surface area (Å²) in [5, 5.41) is 16.0. The van der Waals surface area contributed by atoms with E-state index in [2.05, 4.69) is 15.2 Å². The van der Waals surface area contributed by atoms with Crippen LogP contribution in [0.5, 0.6) is 0 Å². The van der Waals surface area contributed by atoms with Crippen molar-refractivity contribution in [2.45, 2.75) is 13.5 Å². The molecule has 1 aromatic heterocycles. The molecule has 1 amide bonds. The lowest BCUT2D eigenvalue weighted by Crippen LogP contribution is -2.48. The average Bonchev–Trinajstić information content (AvgIpc) is 2.86. The highest BCUT2D eigenvalue weighted by molar-refractivity contribution is 5.84. The van der Waals surface area contributed by atoms with Gasteiger partial charge in [-0.25, -0.2) is 4.79 Å². The Labute approximate surface area is 110 Å². The molecule has 0 atom stereocenters. The van der Waals surface area contributed by atoms with E-state index in [9.17, 15) is 9.59 Å². The molecule has 0 aliphatic carbocycles. The summed E-state index contributed by atoms with van der Waals surface area (Å²) in [6, 6.07) is 0. The molecule has 1 saturated heterocycles. The van der Waals surface area contributed by atoms with Crippen molar-refractivity contribution in [3.63, 3.8) is 0 Å². The molecular weight excluding hydrogens is 250 g/mol. The van der Waals surface area contributed by atoms with Gasteiger partial charge in [0.15, 0.2) is 5.69 Å². The zero-order valence-corrected chi connectivity index (χ0v) is 10.8. The van der Waals surface area contributed by atoms with Gasteiger partial charge in [-0.05, 0) is 0 Å². The first-order valence-corrected chi connectivity index (χ1v) is 6.17. The number of carboxylic acids is 1. The van der Waals surface area contributed by atoms with Crippen LogP contribution in [0.4, 0.5) is 0 Å². The summed E-state index contributed by atoms with van der Waals surface area (Å²) in [6.45, 7) is 6.10. The summed E-state index contributed by atoms with van der Waals surface area (Å²) >= 11 is 0. The third-order valence-electron chi connectivity index (χ3n) is 3.22. The number of nitrogens with zero attached hydrogens (tertiary/aromatic N) is 5. The van der Waals surface area contributed by atoms with Crippen molar-refractivity contribution in [1.29, 1.82) is 0 Å². The van der Waals surface area contributed by atoms with Gasteiger partial charge >= 0.3 is 5.97 Å². The van der Waals surface area contributed by atoms with E-state index >= 15 is 0 Å². The molecule has 1 aliphatic heterocycles. The summed E-state index contributed by atoms with van der Waals surface area (Å²) < 4.78 is 1.53. The standard InChI is InChI=1S/C11H17N5O3/c1-9(17)15-5-2-14(3-6-15)4-7-16-8-10(11(18)19)12-13-16/h8H,2-7H2,1H3,(H,18,19). The molecule has 8 heteroatoms. The van der Waals surface area contributed by atoms with Crippen molar-refractivity contribution in [2.24, 2.45) is 0 Å². The number of carbonyl (C=O) groups is 2. The van der Waals surface area contributed by atoms with Crippen LogP contribution in [0.15, 0.2) is 6.20 Å². The van der Waals surface area contributed by atoms with Crippen molar-refractivity contribution < 1.29 is 14.7 Å². The second kappa shape index (κ2) is 5.79. The summed E-state index contributed by atoms with van der Waals surface area (Å²) in [5.41, 5.74) is -0.0404. The Bertz CT molecular complexity index is 465. The number of hydrogen-bond donors (Lipinski definition) is 1. The molecule has 0 spiro atoms. The van der Waals surface area contributed by atoms with E-state index in [-0.39, 0.29) is 11.6 Å². The molecule has 1 aromatic rings. The minimum atomic E-state index is -1.07. The van der Waals surface area contributed by atoms with E-state index in [0.717, 1.165) is 32.7 Å². The van der Waals surface area contributed by atoms with Gasteiger partial charge in [-0.15, -0.1) is 5.10 Å². The Morgan fingerprint density at radius 3 is 2.47 bits per heavy atom. The second-order valence-electron chi connectivity index (χ2n) is 4.52. The van der Waals surface area contributed by atoms with E-state index in [1.54, 1.807) is 6.92 Å². The average molecular weight is 267 g/mol. The highest BCUT2D eigenvalue weighted by atomic mass is 16.4. The largest absolute Gasteiger partial charge is 0.476 e. The molecule has 0 saturated carbocycles. The fraction of sp³-hybridized carbons (Fsp3) is 0.636. The third-order valence-corrected chi connectivity index (χ3v) is 3.22. The minimum absolute atomic E-state index is 0.0404. The number of carboxylic acid groups (broad SMARTS) is 1. The lowest BCUT2D eigenvalue weighted by Gasteiger charge is -2.34. The van der Waals surface area contributed by atoms with Crippen molar-refractivity contribution in [3.8, 4) is 0 Å². The number of hydrogen-bond acceptors (Lipinski definition) is 5. The van der Waals surface area contributed by atoms with Crippen molar-refractivity contribution >= 4 is 11.9 Å². The molecule has 0 bridgehead atoms. The maximum atomic E-state index is 11.2. The van der Waals surface area contributed by atoms with E-state index in [1.807, 2.05) is 4.90 Å². The third kappa shape index (κ3) is 3.50. The van der Waals surface area contributed by atoms with Crippen molar-refractivity contribution in [1.82, 2.24) is 24.8 Å². The first-order valence-electron chi connectivity index (χ1n) is 6.17. The lowest BCUT2D eigenvalue weighted by atomic mass is 10.3. The smallest absolute Gasteiger partial charge is 0.358 e. The topological polar surface area (TPSA) is 91.6 Å². The van der Waals surface area contributed by atoms with Crippen LogP contribution < -0.4 is 0 Å². The van der Waals surface area contributed by atoms with Gasteiger partial charge in [-0.1, -0.05) is 5.21 Å². The first-order chi connectivity index (χ1) is 9.06. The van der Waals surface area contributed by atoms with Crippen LogP contribution >= 0.6 is 0 Å². The molecule has 0 aromatic carbocycles. The van der Waals surface area contributed by atoms with Crippen LogP contribution in [0.2, 0.25) is 0 Å². The normalized spacial score (nSPS) is 16.6. The summed E-state index contributed by atoms with van der Waals surface area (Å²) in [4.78, 5) is 25.9. The van der Waals surface area contributed by atoms with Gasteiger partial charge in [0.25, 0.3) is 0 Å². The summed E-state index contributed by atoms with van der Waals surface area (Å²) in [6.07, 6.45) is 1.42. The number of aromatic carboxylic acids is 1. The van der Waals surface area contributed by atoms with Gasteiger partial charge < -0.3 is 10.0 Å². The fourth-order valence-electron chi connectivity index (χ4n) is 2.04. The fourth-order valence-corrected chi connectivity index (χ4v) is 2.04. The predicted molar refractivity (Wildman–Crippen MR) is 65.7 cm³/mol. The van der Waals surface area contributed by atoms with Gasteiger partial charge in [0.1, 0.15) is 0 Å². The Morgan fingerprint density at radius 1 is 1.26 bits per heavy atom. The first kappa shape index (κ1) is 13.5. The Hall–Kier alpha value is -1.96. The molecule has 1 aliphatic rings. The van der Waals surface area contributed by atoms with Crippen molar-refractivity contribution in [3.05, 3.63) is 11.9 Å². The second-order valence-corrected chi connectivity index (χ2v) is 4.52. The van der Waals surface area contributed by atoms with E-state index in [1.165, 1.54) is 10.9 Å². The van der Waals surface area contributed by atoms with Crippen LogP contribution in [0.1, 0.15) is 17.4 Å². The molecule has 1 fully saturated rings. The Balaban J connectivity index is 1.77. The quantitative estimate of drug-likeness (QED) is 0.763. The highest BCUT2D eigenvalue weighted by Crippen LogP contribution is 2.02. The van der Waals surface area contributed by atoms with E-state index < -0.39 is 5.97 Å². The molecule has 19 heavy (non-hydrogen) atoms. The molecule has 104 valence electrons. The van der Waals surface area contributed by atoms with Gasteiger partial charge in [-0.2, -0.15) is 0 Å². The summed E-state index contributed by atoms with van der Waals surface area (Å²) in [7, 11) is 0. The predicted octanol–water partition coefficient (Wildman–Crippen LogP) is -0.860. The lowest BCUT2D eigenvalue weighted by molar-refractivity contribution is -0.130. The zero-order valence-electron chi connectivity index (χ0n) is 10.8. The molecular formula is C11H17N5O3. The maximum absolute atomic E-state index is 11.2. The highest BCUT2D eigenvalue weighted by Gasteiger charge is 2.18. The van der Waals surface area contributed by atoms with Crippen LogP contribution in [-0.4, -0.2) is 74.5 Å². The monoisotopic (exact) mass is 267 g/mol. The number of rotatable bonds is 4. The van der Waals surface area contributed by atoms with E-state index in [4.69, 9.17) is 5.11 Å². The maximum Gasteiger partial charge on any atom is 0.358 e. The van der Waals surface area contributed by atoms with Crippen LogP contribution in [0.3, 0.4) is 0 Å². The molecule has 1 N–H and O–H groups in total. The minimum Gasteiger partial charge on any atom is -0.476 e. The molecule has 0 unspecified atom stereocenters. The van der Waals surface area contributed by atoms with Crippen LogP contribution in [0.25, 0.3) is 0 Å². The Morgan fingerprint density at radius 2 is 1.95 bits per heavy atom. The molecule has 2 heterocycles. The van der Waals surface area contributed by atoms with Crippen LogP contribution in [-0.2, 0) is 11.3 Å². The molecule has 0 radical (unpaired) electrons. The number of amides is 1. The number of aromatic nitrogens is 3. The van der Waals surface area contributed by atoms with Gasteiger partial charge in [0, 0.05) is 39.6 Å². The number of carbonyl (C=O) groups excluding carboxylic acids is 1. The SMILES string of the molecule is CC(=O)N1CCN(CCn2cc(C(=O)O)nn2)CC1. The Kier molecular flexibility index (Phi) is 4.10. The van der Waals surface area contributed by atoms with Gasteiger partial charge in [0.05, 0.1) is 12.7 Å². The summed E-state index contributed by atoms with van der Waals surface area (Å²) in [5.74, 6) is -0.955. The van der Waals surface area contributed by atoms with Crippen LogP contribution in [0, 0.1) is 0 Å². The van der Waals surface area contributed by atoms with Crippen molar-refractivity contribution in [2.75, 3.05) is 32.7 Å². The molecule has 2 rings (SSSR count).